The predicted molar refractivity (Wildman–Crippen MR) is 81.8 cm³/mol. The second-order valence-electron chi connectivity index (χ2n) is 4.47. The van der Waals surface area contributed by atoms with E-state index in [1.807, 2.05) is 17.9 Å². The minimum atomic E-state index is -0.259. The third-order valence-corrected chi connectivity index (χ3v) is 3.04. The zero-order chi connectivity index (χ0) is 15.8. The molecule has 116 valence electrons. The van der Waals surface area contributed by atoms with Crippen molar-refractivity contribution >= 4 is 23.3 Å². The van der Waals surface area contributed by atoms with Crippen molar-refractivity contribution in [1.29, 1.82) is 0 Å². The zero-order valence-corrected chi connectivity index (χ0v) is 12.9. The van der Waals surface area contributed by atoms with Gasteiger partial charge < -0.3 is 19.7 Å². The van der Waals surface area contributed by atoms with E-state index in [1.54, 1.807) is 19.2 Å². The minimum absolute atomic E-state index is 0.135. The number of methoxy groups -OCH3 is 2. The van der Waals surface area contributed by atoms with Crippen LogP contribution >= 0.6 is 0 Å². The molecule has 0 heterocycles. The molecular formula is C15H22N2O4. The number of anilines is 2. The number of benzene rings is 1. The van der Waals surface area contributed by atoms with Gasteiger partial charge in [0.05, 0.1) is 26.3 Å². The first kappa shape index (κ1) is 16.8. The van der Waals surface area contributed by atoms with Gasteiger partial charge in [0.2, 0.25) is 5.91 Å². The van der Waals surface area contributed by atoms with E-state index in [0.717, 1.165) is 5.69 Å². The number of esters is 1. The Bertz CT molecular complexity index is 502. The number of rotatable bonds is 7. The van der Waals surface area contributed by atoms with E-state index in [4.69, 9.17) is 4.74 Å². The smallest absolute Gasteiger partial charge is 0.307 e. The van der Waals surface area contributed by atoms with Crippen molar-refractivity contribution in [3.8, 4) is 5.75 Å². The molecule has 0 aliphatic carbocycles. The lowest BCUT2D eigenvalue weighted by atomic mass is 10.2. The molecule has 1 aromatic carbocycles. The largest absolute Gasteiger partial charge is 0.495 e. The molecule has 0 saturated heterocycles. The van der Waals surface area contributed by atoms with Crippen LogP contribution in [0.1, 0.15) is 20.3 Å². The molecule has 0 aliphatic heterocycles. The molecule has 21 heavy (non-hydrogen) atoms. The van der Waals surface area contributed by atoms with Gasteiger partial charge in [0.1, 0.15) is 5.75 Å². The van der Waals surface area contributed by atoms with Crippen LogP contribution in [0.15, 0.2) is 18.2 Å². The maximum atomic E-state index is 11.3. The van der Waals surface area contributed by atoms with E-state index in [9.17, 15) is 9.59 Å². The Balaban J connectivity index is 2.98. The first-order chi connectivity index (χ1) is 10.0. The van der Waals surface area contributed by atoms with Gasteiger partial charge in [-0.05, 0) is 25.1 Å². The van der Waals surface area contributed by atoms with Crippen LogP contribution in [-0.4, -0.2) is 39.2 Å². The van der Waals surface area contributed by atoms with Gasteiger partial charge in [-0.15, -0.1) is 0 Å². The van der Waals surface area contributed by atoms with Crippen LogP contribution in [0.25, 0.3) is 0 Å². The second kappa shape index (κ2) is 8.14. The Morgan fingerprint density at radius 3 is 2.52 bits per heavy atom. The third kappa shape index (κ3) is 4.98. The lowest BCUT2D eigenvalue weighted by Crippen LogP contribution is -2.26. The molecule has 1 aromatic rings. The average molecular weight is 294 g/mol. The number of nitrogens with one attached hydrogen (secondary N) is 1. The van der Waals surface area contributed by atoms with Crippen LogP contribution in [0.5, 0.6) is 5.75 Å². The molecule has 1 rings (SSSR count). The van der Waals surface area contributed by atoms with Crippen molar-refractivity contribution < 1.29 is 19.1 Å². The first-order valence-corrected chi connectivity index (χ1v) is 6.79. The van der Waals surface area contributed by atoms with Crippen LogP contribution in [0.2, 0.25) is 0 Å². The number of carbonyl (C=O) groups is 2. The molecule has 0 aromatic heterocycles. The molecule has 0 atom stereocenters. The van der Waals surface area contributed by atoms with Gasteiger partial charge in [-0.25, -0.2) is 0 Å². The van der Waals surface area contributed by atoms with Crippen molar-refractivity contribution in [3.05, 3.63) is 18.2 Å². The molecule has 0 aliphatic rings. The van der Waals surface area contributed by atoms with Gasteiger partial charge in [-0.3, -0.25) is 9.59 Å². The Kier molecular flexibility index (Phi) is 6.52. The fourth-order valence-electron chi connectivity index (χ4n) is 2.00. The maximum Gasteiger partial charge on any atom is 0.307 e. The summed E-state index contributed by atoms with van der Waals surface area (Å²) in [4.78, 5) is 24.4. The Labute approximate surface area is 125 Å². The van der Waals surface area contributed by atoms with E-state index in [2.05, 4.69) is 10.1 Å². The van der Waals surface area contributed by atoms with Gasteiger partial charge in [-0.2, -0.15) is 0 Å². The molecule has 1 N–H and O–H groups in total. The lowest BCUT2D eigenvalue weighted by Gasteiger charge is -2.25. The third-order valence-electron chi connectivity index (χ3n) is 3.04. The standard InChI is InChI=1S/C15H22N2O4/c1-5-17(9-8-15(19)21-4)13-10-12(16-11(2)18)6-7-14(13)20-3/h6-7,10H,5,8-9H2,1-4H3,(H,16,18). The summed E-state index contributed by atoms with van der Waals surface area (Å²) in [6.45, 7) is 4.67. The number of hydrogen-bond donors (Lipinski definition) is 1. The quantitative estimate of drug-likeness (QED) is 0.779. The lowest BCUT2D eigenvalue weighted by molar-refractivity contribution is -0.140. The first-order valence-electron chi connectivity index (χ1n) is 6.79. The van der Waals surface area contributed by atoms with Gasteiger partial charge in [0.15, 0.2) is 0 Å². The number of nitrogens with zero attached hydrogens (tertiary/aromatic N) is 1. The van der Waals surface area contributed by atoms with Crippen LogP contribution in [0, 0.1) is 0 Å². The van der Waals surface area contributed by atoms with E-state index in [1.165, 1.54) is 14.0 Å². The summed E-state index contributed by atoms with van der Waals surface area (Å²) in [5.41, 5.74) is 1.52. The number of ether oxygens (including phenoxy) is 2. The predicted octanol–water partition coefficient (Wildman–Crippen LogP) is 2.04. The fourth-order valence-corrected chi connectivity index (χ4v) is 2.00. The van der Waals surface area contributed by atoms with Gasteiger partial charge >= 0.3 is 5.97 Å². The molecule has 6 heteroatoms. The molecule has 6 nitrogen and oxygen atoms in total. The molecule has 0 radical (unpaired) electrons. The molecule has 0 fully saturated rings. The number of carbonyl (C=O) groups excluding carboxylic acids is 2. The summed E-state index contributed by atoms with van der Waals surface area (Å²) in [6, 6.07) is 5.40. The van der Waals surface area contributed by atoms with Crippen molar-refractivity contribution in [2.75, 3.05) is 37.5 Å². The summed E-state index contributed by atoms with van der Waals surface area (Å²) in [5, 5.41) is 2.74. The molecule has 0 saturated carbocycles. The number of hydrogen-bond acceptors (Lipinski definition) is 5. The Morgan fingerprint density at radius 2 is 2.00 bits per heavy atom. The van der Waals surface area contributed by atoms with Crippen LogP contribution in [-0.2, 0) is 14.3 Å². The average Bonchev–Trinajstić information content (AvgIpc) is 2.47. The highest BCUT2D eigenvalue weighted by atomic mass is 16.5. The molecule has 1 amide bonds. The summed E-state index contributed by atoms with van der Waals surface area (Å²) in [6.07, 6.45) is 0.290. The van der Waals surface area contributed by atoms with E-state index >= 15 is 0 Å². The highest BCUT2D eigenvalue weighted by Crippen LogP contribution is 2.31. The summed E-state index contributed by atoms with van der Waals surface area (Å²) >= 11 is 0. The zero-order valence-electron chi connectivity index (χ0n) is 12.9. The normalized spacial score (nSPS) is 9.90. The van der Waals surface area contributed by atoms with Crippen molar-refractivity contribution in [3.63, 3.8) is 0 Å². The minimum Gasteiger partial charge on any atom is -0.495 e. The monoisotopic (exact) mass is 294 g/mol. The SMILES string of the molecule is CCN(CCC(=O)OC)c1cc(NC(C)=O)ccc1OC. The van der Waals surface area contributed by atoms with Crippen molar-refractivity contribution in [2.24, 2.45) is 0 Å². The summed E-state index contributed by atoms with van der Waals surface area (Å²) in [5.74, 6) is 0.296. The molecule has 0 unspecified atom stereocenters. The highest BCUT2D eigenvalue weighted by Gasteiger charge is 2.13. The van der Waals surface area contributed by atoms with E-state index in [-0.39, 0.29) is 18.3 Å². The van der Waals surface area contributed by atoms with E-state index < -0.39 is 0 Å². The Hall–Kier alpha value is -2.24. The summed E-state index contributed by atoms with van der Waals surface area (Å²) < 4.78 is 10.0. The topological polar surface area (TPSA) is 67.9 Å². The van der Waals surface area contributed by atoms with Crippen molar-refractivity contribution in [2.45, 2.75) is 20.3 Å². The van der Waals surface area contributed by atoms with Crippen LogP contribution in [0.4, 0.5) is 11.4 Å². The molecule has 0 spiro atoms. The van der Waals surface area contributed by atoms with Gasteiger partial charge in [0.25, 0.3) is 0 Å². The van der Waals surface area contributed by atoms with Crippen LogP contribution < -0.4 is 15.0 Å². The van der Waals surface area contributed by atoms with E-state index in [0.29, 0.717) is 24.5 Å². The van der Waals surface area contributed by atoms with Gasteiger partial charge in [-0.1, -0.05) is 0 Å². The fraction of sp³-hybridized carbons (Fsp3) is 0.467. The number of amides is 1. The highest BCUT2D eigenvalue weighted by molar-refractivity contribution is 5.89. The maximum absolute atomic E-state index is 11.3. The van der Waals surface area contributed by atoms with Crippen molar-refractivity contribution in [1.82, 2.24) is 0 Å². The molecular weight excluding hydrogens is 272 g/mol. The Morgan fingerprint density at radius 1 is 1.29 bits per heavy atom. The van der Waals surface area contributed by atoms with Crippen LogP contribution in [0.3, 0.4) is 0 Å². The second-order valence-corrected chi connectivity index (χ2v) is 4.47. The summed E-state index contributed by atoms with van der Waals surface area (Å²) in [7, 11) is 2.96. The molecule has 0 bridgehead atoms. The van der Waals surface area contributed by atoms with Gasteiger partial charge in [0, 0.05) is 25.7 Å².